The highest BCUT2D eigenvalue weighted by Crippen LogP contribution is 2.32. The molecule has 0 aliphatic heterocycles. The molecule has 3 rings (SSSR count). The third-order valence-electron chi connectivity index (χ3n) is 5.45. The van der Waals surface area contributed by atoms with E-state index in [4.69, 9.17) is 11.6 Å². The van der Waals surface area contributed by atoms with Crippen LogP contribution in [0.3, 0.4) is 0 Å². The van der Waals surface area contributed by atoms with Crippen LogP contribution in [-0.2, 0) is 16.6 Å². The zero-order valence-corrected chi connectivity index (χ0v) is 20.8. The molecule has 6 nitrogen and oxygen atoms in total. The lowest BCUT2D eigenvalue weighted by Crippen LogP contribution is -2.34. The predicted molar refractivity (Wildman–Crippen MR) is 134 cm³/mol. The predicted octanol–water partition coefficient (Wildman–Crippen LogP) is 4.79. The van der Waals surface area contributed by atoms with Gasteiger partial charge in [0.1, 0.15) is 0 Å². The van der Waals surface area contributed by atoms with Crippen molar-refractivity contribution in [1.82, 2.24) is 9.62 Å². The molecule has 0 heterocycles. The van der Waals surface area contributed by atoms with Crippen molar-refractivity contribution in [2.45, 2.75) is 43.9 Å². The molecule has 0 aliphatic carbocycles. The number of aliphatic hydroxyl groups excluding tert-OH is 1. The first-order valence-corrected chi connectivity index (χ1v) is 12.9. The summed E-state index contributed by atoms with van der Waals surface area (Å²) in [4.78, 5) is 12.4. The Morgan fingerprint density at radius 1 is 1.00 bits per heavy atom. The number of sulfonamides is 1. The molecule has 2 N–H and O–H groups in total. The number of carbonyl (C=O) groups excluding carboxylic acids is 1. The average Bonchev–Trinajstić information content (AvgIpc) is 2.83. The summed E-state index contributed by atoms with van der Waals surface area (Å²) in [6.45, 7) is 3.84. The van der Waals surface area contributed by atoms with Crippen molar-refractivity contribution in [2.24, 2.45) is 0 Å². The molecule has 34 heavy (non-hydrogen) atoms. The lowest BCUT2D eigenvalue weighted by Gasteiger charge is -2.31. The van der Waals surface area contributed by atoms with Gasteiger partial charge in [-0.25, -0.2) is 8.42 Å². The second-order valence-corrected chi connectivity index (χ2v) is 10.4. The molecule has 0 unspecified atom stereocenters. The van der Waals surface area contributed by atoms with Crippen LogP contribution in [0.5, 0.6) is 0 Å². The smallest absolute Gasteiger partial charge is 0.251 e. The summed E-state index contributed by atoms with van der Waals surface area (Å²) in [5.41, 5.74) is 2.09. The van der Waals surface area contributed by atoms with Crippen molar-refractivity contribution in [3.63, 3.8) is 0 Å². The van der Waals surface area contributed by atoms with Crippen LogP contribution in [0.4, 0.5) is 0 Å². The van der Waals surface area contributed by atoms with Crippen molar-refractivity contribution in [3.8, 4) is 0 Å². The van der Waals surface area contributed by atoms with Crippen LogP contribution in [0.2, 0.25) is 5.02 Å². The van der Waals surface area contributed by atoms with E-state index in [0.29, 0.717) is 17.0 Å². The Labute approximate surface area is 206 Å². The first-order valence-electron chi connectivity index (χ1n) is 11.1. The molecule has 3 aromatic carbocycles. The second kappa shape index (κ2) is 11.6. The molecule has 0 aromatic heterocycles. The Bertz CT molecular complexity index is 1180. The third-order valence-corrected chi connectivity index (χ3v) is 7.57. The van der Waals surface area contributed by atoms with Crippen LogP contribution in [0.15, 0.2) is 83.8 Å². The quantitative estimate of drug-likeness (QED) is 0.419. The Balaban J connectivity index is 1.94. The van der Waals surface area contributed by atoms with E-state index in [1.165, 1.54) is 16.4 Å². The average molecular weight is 501 g/mol. The van der Waals surface area contributed by atoms with E-state index < -0.39 is 16.1 Å². The van der Waals surface area contributed by atoms with Gasteiger partial charge in [-0.1, -0.05) is 61.0 Å². The lowest BCUT2D eigenvalue weighted by molar-refractivity contribution is 0.0924. The fraction of sp³-hybridized carbons (Fsp3) is 0.269. The maximum Gasteiger partial charge on any atom is 0.251 e. The monoisotopic (exact) mass is 500 g/mol. The van der Waals surface area contributed by atoms with Crippen LogP contribution < -0.4 is 5.32 Å². The summed E-state index contributed by atoms with van der Waals surface area (Å²) in [5.74, 6) is -0.297. The van der Waals surface area contributed by atoms with Gasteiger partial charge in [0, 0.05) is 23.7 Å². The van der Waals surface area contributed by atoms with Gasteiger partial charge >= 0.3 is 0 Å². The number of nitrogens with one attached hydrogen (secondary N) is 1. The first-order chi connectivity index (χ1) is 16.2. The highest BCUT2D eigenvalue weighted by Gasteiger charge is 2.31. The van der Waals surface area contributed by atoms with E-state index in [1.807, 2.05) is 37.3 Å². The summed E-state index contributed by atoms with van der Waals surface area (Å²) in [7, 11) is -3.85. The van der Waals surface area contributed by atoms with Crippen LogP contribution in [0, 0.1) is 0 Å². The minimum absolute atomic E-state index is 0.133. The van der Waals surface area contributed by atoms with Gasteiger partial charge in [-0.05, 0) is 60.9 Å². The molecule has 0 fully saturated rings. The molecule has 0 radical (unpaired) electrons. The summed E-state index contributed by atoms with van der Waals surface area (Å²) < 4.78 is 29.0. The van der Waals surface area contributed by atoms with Crippen molar-refractivity contribution in [3.05, 3.63) is 101 Å². The van der Waals surface area contributed by atoms with E-state index in [-0.39, 0.29) is 29.9 Å². The zero-order chi connectivity index (χ0) is 24.7. The molecule has 1 amide bonds. The number of hydrogen-bond donors (Lipinski definition) is 2. The van der Waals surface area contributed by atoms with Crippen molar-refractivity contribution in [2.75, 3.05) is 6.54 Å². The first kappa shape index (κ1) is 25.9. The van der Waals surface area contributed by atoms with Crippen molar-refractivity contribution in [1.29, 1.82) is 0 Å². The maximum absolute atomic E-state index is 13.7. The number of nitrogens with zero attached hydrogens (tertiary/aromatic N) is 1. The molecule has 0 aliphatic rings. The highest BCUT2D eigenvalue weighted by molar-refractivity contribution is 7.89. The summed E-state index contributed by atoms with van der Waals surface area (Å²) >= 11 is 5.98. The molecule has 0 saturated carbocycles. The van der Waals surface area contributed by atoms with E-state index in [0.717, 1.165) is 11.1 Å². The fourth-order valence-corrected chi connectivity index (χ4v) is 5.47. The standard InChI is InChI=1S/C26H29ClN2O4S/c1-3-25(21-7-5-4-6-8-21)29(34(32,33)24-15-13-23(27)14-16-24)18-20-9-11-22(12-10-20)26(31)28-17-19(2)30/h4-16,19,25,30H,3,17-18H2,1-2H3,(H,28,31)/t19-,25-/m0/s1. The van der Waals surface area contributed by atoms with E-state index >= 15 is 0 Å². The van der Waals surface area contributed by atoms with E-state index in [1.54, 1.807) is 43.3 Å². The molecule has 8 heteroatoms. The summed E-state index contributed by atoms with van der Waals surface area (Å²) in [6.07, 6.45) is -0.0600. The highest BCUT2D eigenvalue weighted by atomic mass is 35.5. The Morgan fingerprint density at radius 2 is 1.62 bits per heavy atom. The van der Waals surface area contributed by atoms with Crippen LogP contribution in [0.25, 0.3) is 0 Å². The Kier molecular flexibility index (Phi) is 8.85. The number of benzene rings is 3. The largest absolute Gasteiger partial charge is 0.392 e. The van der Waals surface area contributed by atoms with Crippen LogP contribution in [-0.4, -0.2) is 36.4 Å². The third kappa shape index (κ3) is 6.45. The zero-order valence-electron chi connectivity index (χ0n) is 19.2. The molecule has 180 valence electrons. The topological polar surface area (TPSA) is 86.7 Å². The van der Waals surface area contributed by atoms with Gasteiger partial charge in [0.05, 0.1) is 17.0 Å². The summed E-state index contributed by atoms with van der Waals surface area (Å²) in [5, 5.41) is 12.5. The number of carbonyl (C=O) groups is 1. The van der Waals surface area contributed by atoms with Crippen molar-refractivity contribution >= 4 is 27.5 Å². The van der Waals surface area contributed by atoms with Crippen LogP contribution >= 0.6 is 11.6 Å². The minimum Gasteiger partial charge on any atom is -0.392 e. The molecule has 3 aromatic rings. The molecular formula is C26H29ClN2O4S. The Hall–Kier alpha value is -2.71. The molecule has 0 saturated heterocycles. The van der Waals surface area contributed by atoms with Gasteiger partial charge in [-0.2, -0.15) is 4.31 Å². The number of amides is 1. The van der Waals surface area contributed by atoms with Gasteiger partial charge in [0.15, 0.2) is 0 Å². The van der Waals surface area contributed by atoms with Gasteiger partial charge in [-0.15, -0.1) is 0 Å². The minimum atomic E-state index is -3.85. The number of hydrogen-bond acceptors (Lipinski definition) is 4. The normalized spacial score (nSPS) is 13.4. The fourth-order valence-electron chi connectivity index (χ4n) is 3.67. The molecule has 0 bridgehead atoms. The molecule has 2 atom stereocenters. The van der Waals surface area contributed by atoms with Gasteiger partial charge in [-0.3, -0.25) is 4.79 Å². The van der Waals surface area contributed by atoms with E-state index in [2.05, 4.69) is 5.32 Å². The second-order valence-electron chi connectivity index (χ2n) is 8.09. The molecule has 0 spiro atoms. The summed E-state index contributed by atoms with van der Waals surface area (Å²) in [6, 6.07) is 22.1. The number of rotatable bonds is 10. The van der Waals surface area contributed by atoms with Crippen molar-refractivity contribution < 1.29 is 18.3 Å². The van der Waals surface area contributed by atoms with Gasteiger partial charge < -0.3 is 10.4 Å². The number of aliphatic hydroxyl groups is 1. The maximum atomic E-state index is 13.7. The Morgan fingerprint density at radius 3 is 2.18 bits per heavy atom. The van der Waals surface area contributed by atoms with Gasteiger partial charge in [0.25, 0.3) is 5.91 Å². The van der Waals surface area contributed by atoms with Gasteiger partial charge in [0.2, 0.25) is 10.0 Å². The van der Waals surface area contributed by atoms with E-state index in [9.17, 15) is 18.3 Å². The number of halogens is 1. The molecular weight excluding hydrogens is 472 g/mol. The lowest BCUT2D eigenvalue weighted by atomic mass is 10.0. The van der Waals surface area contributed by atoms with Crippen LogP contribution in [0.1, 0.15) is 47.8 Å². The SMILES string of the molecule is CC[C@@H](c1ccccc1)N(Cc1ccc(C(=O)NC[C@H](C)O)cc1)S(=O)(=O)c1ccc(Cl)cc1.